The number of aromatic nitrogens is 15. The topological polar surface area (TPSA) is 185 Å². The van der Waals surface area contributed by atoms with Crippen LogP contribution < -0.4 is 0 Å². The first-order valence-electron chi connectivity index (χ1n) is 45.4. The molecule has 20 aromatic rings. The average Bonchev–Trinajstić information content (AvgIpc) is 0.773. The van der Waals surface area contributed by atoms with Gasteiger partial charge in [0.05, 0.1) is 28.3 Å². The molecular formula is C117H76F13N15Pt4. The van der Waals surface area contributed by atoms with Crippen molar-refractivity contribution in [2.45, 2.75) is 81.2 Å². The molecule has 1 aliphatic rings. The van der Waals surface area contributed by atoms with Crippen molar-refractivity contribution in [1.82, 2.24) is 74.6 Å². The van der Waals surface area contributed by atoms with Crippen LogP contribution in [0.15, 0.2) is 340 Å². The summed E-state index contributed by atoms with van der Waals surface area (Å²) in [4.78, 5) is 54.3. The minimum atomic E-state index is -4.59. The maximum Gasteiger partial charge on any atom is 2.00 e. The summed E-state index contributed by atoms with van der Waals surface area (Å²) in [6, 6.07) is 120. The molecule has 1 saturated carbocycles. The van der Waals surface area contributed by atoms with Crippen LogP contribution in [-0.2, 0) is 112 Å². The summed E-state index contributed by atoms with van der Waals surface area (Å²) < 4.78 is 178. The molecule has 1 aliphatic carbocycles. The van der Waals surface area contributed by atoms with Gasteiger partial charge < -0.3 is 29.6 Å². The molecule has 0 bridgehead atoms. The molecule has 6 aromatic carbocycles. The second-order valence-corrected chi connectivity index (χ2v) is 34.5. The maximum atomic E-state index is 14.7. The van der Waals surface area contributed by atoms with Gasteiger partial charge in [0.15, 0.2) is 0 Å². The molecule has 15 nitrogen and oxygen atoms in total. The molecule has 0 saturated heterocycles. The molecule has 0 unspecified atom stereocenters. The third-order valence-electron chi connectivity index (χ3n) is 24.6. The summed E-state index contributed by atoms with van der Waals surface area (Å²) in [5, 5.41) is 3.49. The van der Waals surface area contributed by atoms with Crippen molar-refractivity contribution < 1.29 is 141 Å². The molecule has 14 aromatic heterocycles. The van der Waals surface area contributed by atoms with Gasteiger partial charge >= 0.3 is 90.4 Å². The Hall–Kier alpha value is -14.7. The Labute approximate surface area is 906 Å². The molecule has 14 heterocycles. The fourth-order valence-corrected chi connectivity index (χ4v) is 17.2. The summed E-state index contributed by atoms with van der Waals surface area (Å²) in [5.74, 6) is -9.87. The van der Waals surface area contributed by atoms with Gasteiger partial charge in [0.2, 0.25) is 0 Å². The van der Waals surface area contributed by atoms with Crippen molar-refractivity contribution in [3.8, 4) is 107 Å². The number of hydrogen-bond donors (Lipinski definition) is 0. The normalized spacial score (nSPS) is 12.1. The van der Waals surface area contributed by atoms with Crippen LogP contribution in [0.3, 0.4) is 0 Å². The molecule has 0 aliphatic heterocycles. The first-order valence-corrected chi connectivity index (χ1v) is 45.4. The van der Waals surface area contributed by atoms with E-state index in [4.69, 9.17) is 19.9 Å². The van der Waals surface area contributed by atoms with Crippen LogP contribution in [0, 0.1) is 108 Å². The van der Waals surface area contributed by atoms with Crippen molar-refractivity contribution in [2.24, 2.45) is 0 Å². The molecule has 32 heteroatoms. The van der Waals surface area contributed by atoms with E-state index in [-0.39, 0.29) is 152 Å². The maximum absolute atomic E-state index is 14.7. The van der Waals surface area contributed by atoms with E-state index in [1.54, 1.807) is 84.9 Å². The van der Waals surface area contributed by atoms with Crippen LogP contribution in [0.5, 0.6) is 0 Å². The van der Waals surface area contributed by atoms with Gasteiger partial charge in [-0.15, -0.1) is 96.1 Å². The predicted octanol–water partition coefficient (Wildman–Crippen LogP) is 26.8. The third-order valence-corrected chi connectivity index (χ3v) is 24.6. The average molecular weight is 2720 g/mol. The quantitative estimate of drug-likeness (QED) is 0.0398. The molecule has 1 fully saturated rings. The van der Waals surface area contributed by atoms with Gasteiger partial charge in [-0.05, 0) is 140 Å². The van der Waals surface area contributed by atoms with Crippen LogP contribution in [0.25, 0.3) is 107 Å². The van der Waals surface area contributed by atoms with Crippen molar-refractivity contribution in [1.29, 1.82) is 0 Å². The van der Waals surface area contributed by atoms with E-state index in [1.807, 2.05) is 123 Å². The van der Waals surface area contributed by atoms with Gasteiger partial charge in [-0.2, -0.15) is 13.2 Å². The Morgan fingerprint density at radius 2 is 0.544 bits per heavy atom. The van der Waals surface area contributed by atoms with Gasteiger partial charge in [0, 0.05) is 45.0 Å². The van der Waals surface area contributed by atoms with Gasteiger partial charge in [0.1, 0.15) is 64.9 Å². The zero-order chi connectivity index (χ0) is 101. The zero-order valence-corrected chi connectivity index (χ0v) is 87.6. The van der Waals surface area contributed by atoms with Gasteiger partial charge in [-0.25, -0.2) is 43.9 Å². The Morgan fingerprint density at radius 3 is 0.859 bits per heavy atom. The summed E-state index contributed by atoms with van der Waals surface area (Å²) in [5.41, 5.74) is 11.8. The third kappa shape index (κ3) is 24.5. The number of hydrogen-bond acceptors (Lipinski definition) is 14. The Kier molecular flexibility index (Phi) is 35.5. The van der Waals surface area contributed by atoms with E-state index >= 15 is 0 Å². The molecule has 0 atom stereocenters. The first-order chi connectivity index (χ1) is 70.0. The molecule has 21 rings (SSSR count). The van der Waals surface area contributed by atoms with Crippen LogP contribution in [-0.4, -0.2) is 74.6 Å². The first kappa shape index (κ1) is 110. The summed E-state index contributed by atoms with van der Waals surface area (Å²) in [6.07, 6.45) is 1.15. The zero-order valence-electron chi connectivity index (χ0n) is 78.5. The SMILES string of the molecule is CC(C)(c1cccc(-c2[c-]cc(-c3ccccc3)cc2)n1)c1cccc(-c2[c-]cc(-c3ccccc3)cc2)n1.CC(C)(c1cccc(-c2[c-]cc(F)nc2F)n1)c1cccc(-n2[c-]cc(C(F)(F)F)n2)n1.Fc1c[c-]c(-c2cccc(C(c3ccccc3)(c3ccccc3)c3cccc(-c4[c-]cc(F)nc4F)n3)n2)c(F)n1.Fc1c[c-]c(-c2cccc(C3(c4cccc(-c5[c-]cc(F)nc5F)n4)CCCC3)n2)c(F)n1.[Pt+2].[Pt+2].[Pt+2].[Pt+2]. The van der Waals surface area contributed by atoms with E-state index in [9.17, 15) is 57.1 Å². The van der Waals surface area contributed by atoms with E-state index in [0.29, 0.717) is 34.2 Å². The number of rotatable bonds is 20. The van der Waals surface area contributed by atoms with Gasteiger partial charge in [-0.1, -0.05) is 318 Å². The number of pyridine rings is 13. The number of nitrogens with zero attached hydrogens (tertiary/aromatic N) is 15. The molecule has 0 N–H and O–H groups in total. The smallest absolute Gasteiger partial charge is 0.343 e. The fraction of sp³-hybridized carbons (Fsp3) is 0.111. The van der Waals surface area contributed by atoms with Crippen LogP contribution in [0.1, 0.15) is 116 Å². The Bertz CT molecular complexity index is 7690. The van der Waals surface area contributed by atoms with Crippen LogP contribution >= 0.6 is 0 Å². The van der Waals surface area contributed by atoms with E-state index in [2.05, 4.69) is 210 Å². The summed E-state index contributed by atoms with van der Waals surface area (Å²) in [6.45, 7) is 7.97. The van der Waals surface area contributed by atoms with Crippen molar-refractivity contribution in [2.75, 3.05) is 0 Å². The number of benzene rings is 6. The molecular weight excluding hydrogens is 2640 g/mol. The van der Waals surface area contributed by atoms with Crippen LogP contribution in [0.4, 0.5) is 57.1 Å². The monoisotopic (exact) mass is 2720 g/mol. The van der Waals surface area contributed by atoms with Crippen molar-refractivity contribution in [3.63, 3.8) is 0 Å². The molecule has 750 valence electrons. The van der Waals surface area contributed by atoms with E-state index < -0.39 is 87.6 Å². The van der Waals surface area contributed by atoms with E-state index in [0.717, 1.165) is 123 Å². The fourth-order valence-electron chi connectivity index (χ4n) is 17.2. The summed E-state index contributed by atoms with van der Waals surface area (Å²) in [7, 11) is 0. The standard InChI is InChI=1S/C37H28N2.C33H18F4N4.C25H16F4N4.C22H14F5N5.4Pt/c1-37(2,35-17-9-15-33(38-35)31-23-19-29(20-24-31)27-11-5-3-6-12-27)36-18-10-16-34(39-36)32-25-21-30(22-26-32)28-13-7-4-8-14-28;34-29-19-17-23(31(36)40-29)25-13-7-15-27(38-25)33(21-9-3-1-4-10-21,22-11-5-2-6-12-22)28-16-8-14-26(39-28)24-18-20-30(35)41-32(24)37;26-21-11-9-15(23(28)32-21)17-5-3-7-19(30-17)25(13-1-2-14-25)20-8-4-6-18(31-20)16-10-12-22(27)33-24(16)29;1-21(2,15-6-3-5-14(28-15)13-9-10-18(23)30-20(13)24)16-7-4-8-19(29-16)32-12-11-17(31-32)22(25,26)27;;;;/h3-23,25H,1-2H3;1-16,19-20H;3-8,11-12H,1-2,13-14H2;3-8,10-11H,1-2H3;;;;/q4*-2;4*+2. The molecule has 0 radical (unpaired) electrons. The summed E-state index contributed by atoms with van der Waals surface area (Å²) >= 11 is 0. The molecule has 149 heavy (non-hydrogen) atoms. The molecule has 0 spiro atoms. The van der Waals surface area contributed by atoms with E-state index in [1.165, 1.54) is 23.3 Å². The number of alkyl halides is 3. The van der Waals surface area contributed by atoms with Crippen LogP contribution in [0.2, 0.25) is 0 Å². The van der Waals surface area contributed by atoms with Gasteiger partial charge in [-0.3, -0.25) is 45.0 Å². The number of halogens is 13. The van der Waals surface area contributed by atoms with Crippen molar-refractivity contribution >= 4 is 0 Å². The Balaban J connectivity index is 0.000000156. The Morgan fingerprint density at radius 1 is 0.255 bits per heavy atom. The van der Waals surface area contributed by atoms with Crippen molar-refractivity contribution in [3.05, 3.63) is 510 Å². The van der Waals surface area contributed by atoms with Gasteiger partial charge in [0.25, 0.3) is 0 Å². The second-order valence-electron chi connectivity index (χ2n) is 34.5. The second kappa shape index (κ2) is 48.1. The minimum absolute atomic E-state index is 0. The minimum Gasteiger partial charge on any atom is -0.343 e. The predicted molar refractivity (Wildman–Crippen MR) is 520 cm³/mol. The molecule has 0 amide bonds. The largest absolute Gasteiger partial charge is 2.00 e.